The van der Waals surface area contributed by atoms with Crippen LogP contribution in [0.4, 0.5) is 0 Å². The molecule has 2 N–H and O–H groups in total. The molecule has 0 unspecified atom stereocenters. The lowest BCUT2D eigenvalue weighted by Gasteiger charge is -2.13. The fourth-order valence-electron chi connectivity index (χ4n) is 0.963. The number of carbonyl (C=O) groups excluding carboxylic acids is 2. The van der Waals surface area contributed by atoms with E-state index in [2.05, 4.69) is 25.9 Å². The van der Waals surface area contributed by atoms with Crippen molar-refractivity contribution in [1.82, 2.24) is 30.8 Å². The van der Waals surface area contributed by atoms with Gasteiger partial charge in [-0.2, -0.15) is 5.21 Å². The van der Waals surface area contributed by atoms with E-state index in [1.165, 1.54) is 11.9 Å². The van der Waals surface area contributed by atoms with E-state index >= 15 is 0 Å². The Labute approximate surface area is 86.0 Å². The number of tetrazole rings is 1. The number of nitrogens with one attached hydrogen (secondary N) is 2. The van der Waals surface area contributed by atoms with Crippen LogP contribution in [-0.2, 0) is 4.79 Å². The van der Waals surface area contributed by atoms with Crippen LogP contribution in [0, 0.1) is 0 Å². The van der Waals surface area contributed by atoms with Crippen LogP contribution in [0.1, 0.15) is 17.5 Å². The number of aromatic amines is 1. The smallest absolute Gasteiger partial charge is 0.295 e. The molecule has 15 heavy (non-hydrogen) atoms. The van der Waals surface area contributed by atoms with Gasteiger partial charge in [-0.3, -0.25) is 9.59 Å². The SMILES string of the molecule is CCNC(=O)CN(C)C(=O)c1nn[nH]n1. The summed E-state index contributed by atoms with van der Waals surface area (Å²) >= 11 is 0. The van der Waals surface area contributed by atoms with Crippen molar-refractivity contribution in [3.05, 3.63) is 5.82 Å². The maximum Gasteiger partial charge on any atom is 0.295 e. The van der Waals surface area contributed by atoms with E-state index in [4.69, 9.17) is 0 Å². The molecule has 0 aliphatic rings. The van der Waals surface area contributed by atoms with Crippen molar-refractivity contribution >= 4 is 11.8 Å². The lowest BCUT2D eigenvalue weighted by molar-refractivity contribution is -0.121. The first-order valence-corrected chi connectivity index (χ1v) is 4.40. The summed E-state index contributed by atoms with van der Waals surface area (Å²) in [5.41, 5.74) is 0. The Kier molecular flexibility index (Phi) is 3.72. The van der Waals surface area contributed by atoms with Crippen LogP contribution in [0.5, 0.6) is 0 Å². The number of nitrogens with zero attached hydrogens (tertiary/aromatic N) is 4. The second-order valence-electron chi connectivity index (χ2n) is 2.85. The third kappa shape index (κ3) is 3.01. The van der Waals surface area contributed by atoms with Gasteiger partial charge in [-0.15, -0.1) is 10.2 Å². The zero-order chi connectivity index (χ0) is 11.3. The molecule has 0 aromatic carbocycles. The Morgan fingerprint density at radius 3 is 2.80 bits per heavy atom. The molecule has 0 spiro atoms. The highest BCUT2D eigenvalue weighted by atomic mass is 16.2. The Balaban J connectivity index is 2.51. The van der Waals surface area contributed by atoms with Gasteiger partial charge < -0.3 is 10.2 Å². The molecule has 1 aromatic heterocycles. The van der Waals surface area contributed by atoms with Gasteiger partial charge in [-0.25, -0.2) is 0 Å². The molecular formula is C7H12N6O2. The van der Waals surface area contributed by atoms with E-state index < -0.39 is 5.91 Å². The van der Waals surface area contributed by atoms with Crippen molar-refractivity contribution in [1.29, 1.82) is 0 Å². The minimum absolute atomic E-state index is 0.0266. The third-order valence-corrected chi connectivity index (χ3v) is 1.64. The van der Waals surface area contributed by atoms with Gasteiger partial charge in [0.15, 0.2) is 0 Å². The summed E-state index contributed by atoms with van der Waals surface area (Å²) in [6, 6.07) is 0. The third-order valence-electron chi connectivity index (χ3n) is 1.64. The quantitative estimate of drug-likeness (QED) is 0.626. The summed E-state index contributed by atoms with van der Waals surface area (Å²) < 4.78 is 0. The standard InChI is InChI=1S/C7H12N6O2/c1-3-8-5(14)4-13(2)7(15)6-9-11-12-10-6/h3-4H2,1-2H3,(H,8,14)(H,9,10,11,12). The van der Waals surface area contributed by atoms with Gasteiger partial charge in [-0.05, 0) is 12.1 Å². The highest BCUT2D eigenvalue weighted by Gasteiger charge is 2.17. The highest BCUT2D eigenvalue weighted by Crippen LogP contribution is 1.92. The summed E-state index contributed by atoms with van der Waals surface area (Å²) in [5, 5.41) is 15.0. The van der Waals surface area contributed by atoms with Crippen molar-refractivity contribution in [2.75, 3.05) is 20.1 Å². The second kappa shape index (κ2) is 5.03. The van der Waals surface area contributed by atoms with Gasteiger partial charge in [0.1, 0.15) is 0 Å². The van der Waals surface area contributed by atoms with Gasteiger partial charge in [0.2, 0.25) is 5.91 Å². The number of H-pyrrole nitrogens is 1. The zero-order valence-electron chi connectivity index (χ0n) is 8.52. The molecule has 1 rings (SSSR count). The minimum Gasteiger partial charge on any atom is -0.355 e. The largest absolute Gasteiger partial charge is 0.355 e. The van der Waals surface area contributed by atoms with Crippen LogP contribution in [-0.4, -0.2) is 57.5 Å². The summed E-state index contributed by atoms with van der Waals surface area (Å²) in [7, 11) is 1.49. The topological polar surface area (TPSA) is 104 Å². The van der Waals surface area contributed by atoms with Crippen molar-refractivity contribution < 1.29 is 9.59 Å². The molecule has 0 saturated heterocycles. The number of likely N-dealkylation sites (N-methyl/N-ethyl adjacent to an activating group) is 2. The van der Waals surface area contributed by atoms with Crippen LogP contribution < -0.4 is 5.32 Å². The number of hydrogen-bond acceptors (Lipinski definition) is 5. The fraction of sp³-hybridized carbons (Fsp3) is 0.571. The summed E-state index contributed by atoms with van der Waals surface area (Å²) in [6.07, 6.45) is 0. The predicted octanol–water partition coefficient (Wildman–Crippen LogP) is -1.59. The number of amides is 2. The van der Waals surface area contributed by atoms with Crippen molar-refractivity contribution in [2.45, 2.75) is 6.92 Å². The highest BCUT2D eigenvalue weighted by molar-refractivity contribution is 5.92. The lowest BCUT2D eigenvalue weighted by Crippen LogP contribution is -2.38. The van der Waals surface area contributed by atoms with Crippen molar-refractivity contribution in [3.63, 3.8) is 0 Å². The first-order valence-electron chi connectivity index (χ1n) is 4.40. The predicted molar refractivity (Wildman–Crippen MR) is 49.8 cm³/mol. The van der Waals surface area contributed by atoms with E-state index in [1.807, 2.05) is 0 Å². The molecule has 1 heterocycles. The molecule has 1 aromatic rings. The van der Waals surface area contributed by atoms with E-state index in [0.717, 1.165) is 0 Å². The first-order chi connectivity index (χ1) is 7.15. The molecule has 82 valence electrons. The van der Waals surface area contributed by atoms with Gasteiger partial charge in [0.25, 0.3) is 11.7 Å². The Hall–Kier alpha value is -1.99. The van der Waals surface area contributed by atoms with E-state index in [-0.39, 0.29) is 18.3 Å². The molecule has 0 saturated carbocycles. The Bertz CT molecular complexity index is 335. The summed E-state index contributed by atoms with van der Waals surface area (Å²) in [4.78, 5) is 23.9. The number of rotatable bonds is 4. The van der Waals surface area contributed by atoms with Gasteiger partial charge in [0.05, 0.1) is 6.54 Å². The molecule has 0 aliphatic heterocycles. The molecule has 0 bridgehead atoms. The molecular weight excluding hydrogens is 200 g/mol. The molecule has 8 nitrogen and oxygen atoms in total. The molecule has 0 atom stereocenters. The molecule has 0 radical (unpaired) electrons. The Morgan fingerprint density at radius 2 is 2.27 bits per heavy atom. The molecule has 2 amide bonds. The van der Waals surface area contributed by atoms with E-state index in [9.17, 15) is 9.59 Å². The van der Waals surface area contributed by atoms with Crippen LogP contribution in [0.2, 0.25) is 0 Å². The van der Waals surface area contributed by atoms with Gasteiger partial charge >= 0.3 is 0 Å². The maximum atomic E-state index is 11.5. The van der Waals surface area contributed by atoms with Gasteiger partial charge in [-0.1, -0.05) is 0 Å². The van der Waals surface area contributed by atoms with E-state index in [1.54, 1.807) is 6.92 Å². The average molecular weight is 212 g/mol. The first kappa shape index (κ1) is 11.1. The second-order valence-corrected chi connectivity index (χ2v) is 2.85. The zero-order valence-corrected chi connectivity index (χ0v) is 8.52. The van der Waals surface area contributed by atoms with Crippen molar-refractivity contribution in [2.24, 2.45) is 0 Å². The van der Waals surface area contributed by atoms with E-state index in [0.29, 0.717) is 6.54 Å². The average Bonchev–Trinajstić information content (AvgIpc) is 2.69. The molecule has 0 aliphatic carbocycles. The maximum absolute atomic E-state index is 11.5. The number of carbonyl (C=O) groups is 2. The molecule has 0 fully saturated rings. The summed E-state index contributed by atoms with van der Waals surface area (Å²) in [6.45, 7) is 2.31. The van der Waals surface area contributed by atoms with Crippen LogP contribution in [0.15, 0.2) is 0 Å². The van der Waals surface area contributed by atoms with Crippen LogP contribution in [0.25, 0.3) is 0 Å². The molecule has 8 heteroatoms. The van der Waals surface area contributed by atoms with Crippen LogP contribution >= 0.6 is 0 Å². The normalized spacial score (nSPS) is 9.73. The fourth-order valence-corrected chi connectivity index (χ4v) is 0.963. The number of hydrogen-bond donors (Lipinski definition) is 2. The minimum atomic E-state index is -0.449. The Morgan fingerprint density at radius 1 is 1.53 bits per heavy atom. The monoisotopic (exact) mass is 212 g/mol. The number of aromatic nitrogens is 4. The van der Waals surface area contributed by atoms with Crippen molar-refractivity contribution in [3.8, 4) is 0 Å². The summed E-state index contributed by atoms with van der Waals surface area (Å²) in [5.74, 6) is -0.728. The van der Waals surface area contributed by atoms with Gasteiger partial charge in [0, 0.05) is 13.6 Å². The van der Waals surface area contributed by atoms with Crippen LogP contribution in [0.3, 0.4) is 0 Å². The lowest BCUT2D eigenvalue weighted by atomic mass is 10.4.